The van der Waals surface area contributed by atoms with Crippen LogP contribution >= 0.6 is 0 Å². The van der Waals surface area contributed by atoms with E-state index in [9.17, 15) is 13.6 Å². The van der Waals surface area contributed by atoms with Crippen LogP contribution in [0.4, 0.5) is 8.78 Å². The third-order valence-electron chi connectivity index (χ3n) is 4.34. The molecule has 1 aliphatic heterocycles. The van der Waals surface area contributed by atoms with Crippen LogP contribution in [0.25, 0.3) is 0 Å². The Balaban J connectivity index is 1.75. The molecule has 0 aromatic heterocycles. The van der Waals surface area contributed by atoms with E-state index in [4.69, 9.17) is 0 Å². The van der Waals surface area contributed by atoms with Crippen molar-refractivity contribution in [1.29, 1.82) is 0 Å². The molecule has 0 bridgehead atoms. The number of benzene rings is 1. The summed E-state index contributed by atoms with van der Waals surface area (Å²) in [6, 6.07) is 3.19. The SMILES string of the molecule is CC1NC(c2ccc(F)cc2F)N(CCCC2CC2)C1=O. The molecule has 1 saturated carbocycles. The van der Waals surface area contributed by atoms with Gasteiger partial charge in [-0.15, -0.1) is 0 Å². The maximum absolute atomic E-state index is 14.0. The van der Waals surface area contributed by atoms with E-state index < -0.39 is 17.8 Å². The number of carbonyl (C=O) groups excluding carboxylic acids is 1. The molecular weight excluding hydrogens is 274 g/mol. The van der Waals surface area contributed by atoms with E-state index in [-0.39, 0.29) is 11.9 Å². The van der Waals surface area contributed by atoms with E-state index in [2.05, 4.69) is 5.32 Å². The monoisotopic (exact) mass is 294 g/mol. The summed E-state index contributed by atoms with van der Waals surface area (Å²) in [5.74, 6) is -0.413. The second-order valence-corrected chi connectivity index (χ2v) is 6.07. The van der Waals surface area contributed by atoms with Crippen LogP contribution in [0, 0.1) is 17.6 Å². The maximum Gasteiger partial charge on any atom is 0.241 e. The van der Waals surface area contributed by atoms with Crippen LogP contribution in [0.1, 0.15) is 44.3 Å². The molecule has 3 rings (SSSR count). The number of hydrogen-bond acceptors (Lipinski definition) is 2. The van der Waals surface area contributed by atoms with E-state index in [1.165, 1.54) is 25.0 Å². The fourth-order valence-corrected chi connectivity index (χ4v) is 2.95. The van der Waals surface area contributed by atoms with Crippen molar-refractivity contribution >= 4 is 5.91 Å². The van der Waals surface area contributed by atoms with E-state index in [0.717, 1.165) is 24.8 Å². The molecule has 2 aliphatic rings. The smallest absolute Gasteiger partial charge is 0.241 e. The van der Waals surface area contributed by atoms with Crippen molar-refractivity contribution in [2.45, 2.75) is 44.8 Å². The van der Waals surface area contributed by atoms with Gasteiger partial charge in [0.1, 0.15) is 17.8 Å². The van der Waals surface area contributed by atoms with Gasteiger partial charge < -0.3 is 4.90 Å². The minimum Gasteiger partial charge on any atom is -0.321 e. The first-order chi connectivity index (χ1) is 10.1. The number of nitrogens with one attached hydrogen (secondary N) is 1. The van der Waals surface area contributed by atoms with Gasteiger partial charge in [0.05, 0.1) is 6.04 Å². The highest BCUT2D eigenvalue weighted by Gasteiger charge is 2.38. The van der Waals surface area contributed by atoms with Crippen LogP contribution in [-0.2, 0) is 4.79 Å². The summed E-state index contributed by atoms with van der Waals surface area (Å²) in [6.07, 6.45) is 4.14. The summed E-state index contributed by atoms with van der Waals surface area (Å²) >= 11 is 0. The molecule has 2 fully saturated rings. The summed E-state index contributed by atoms with van der Waals surface area (Å²) in [5, 5.41) is 3.10. The van der Waals surface area contributed by atoms with Crippen LogP contribution in [0.3, 0.4) is 0 Å². The Morgan fingerprint density at radius 3 is 2.76 bits per heavy atom. The van der Waals surface area contributed by atoms with Crippen molar-refractivity contribution < 1.29 is 13.6 Å². The fourth-order valence-electron chi connectivity index (χ4n) is 2.95. The Morgan fingerprint density at radius 1 is 1.33 bits per heavy atom. The lowest BCUT2D eigenvalue weighted by molar-refractivity contribution is -0.129. The molecular formula is C16H20F2N2O. The van der Waals surface area contributed by atoms with Crippen molar-refractivity contribution in [2.75, 3.05) is 6.54 Å². The van der Waals surface area contributed by atoms with Crippen molar-refractivity contribution in [3.05, 3.63) is 35.4 Å². The van der Waals surface area contributed by atoms with Gasteiger partial charge in [0.25, 0.3) is 0 Å². The van der Waals surface area contributed by atoms with E-state index in [0.29, 0.717) is 12.1 Å². The van der Waals surface area contributed by atoms with Crippen LogP contribution in [0.5, 0.6) is 0 Å². The van der Waals surface area contributed by atoms with Crippen molar-refractivity contribution in [2.24, 2.45) is 5.92 Å². The molecule has 114 valence electrons. The standard InChI is InChI=1S/C16H20F2N2O/c1-10-16(21)20(8-2-3-11-4-5-11)15(19-10)13-7-6-12(17)9-14(13)18/h6-7,9-11,15,19H,2-5,8H2,1H3. The molecule has 2 unspecified atom stereocenters. The van der Waals surface area contributed by atoms with Gasteiger partial charge in [-0.1, -0.05) is 12.8 Å². The van der Waals surface area contributed by atoms with Gasteiger partial charge >= 0.3 is 0 Å². The van der Waals surface area contributed by atoms with Gasteiger partial charge in [-0.05, 0) is 37.8 Å². The first-order valence-electron chi connectivity index (χ1n) is 7.57. The van der Waals surface area contributed by atoms with Gasteiger partial charge in [0, 0.05) is 18.2 Å². The highest BCUT2D eigenvalue weighted by atomic mass is 19.1. The molecule has 1 heterocycles. The quantitative estimate of drug-likeness (QED) is 0.905. The number of rotatable bonds is 5. The molecule has 2 atom stereocenters. The largest absolute Gasteiger partial charge is 0.321 e. The lowest BCUT2D eigenvalue weighted by Crippen LogP contribution is -2.32. The number of carbonyl (C=O) groups is 1. The molecule has 1 aromatic rings. The van der Waals surface area contributed by atoms with E-state index >= 15 is 0 Å². The van der Waals surface area contributed by atoms with Crippen LogP contribution < -0.4 is 5.32 Å². The van der Waals surface area contributed by atoms with E-state index in [1.54, 1.807) is 11.8 Å². The Kier molecular flexibility index (Phi) is 3.93. The van der Waals surface area contributed by atoms with Crippen LogP contribution in [0.15, 0.2) is 18.2 Å². The topological polar surface area (TPSA) is 32.3 Å². The first-order valence-corrected chi connectivity index (χ1v) is 7.57. The van der Waals surface area contributed by atoms with Gasteiger partial charge in [0.15, 0.2) is 0 Å². The summed E-state index contributed by atoms with van der Waals surface area (Å²) < 4.78 is 27.0. The third kappa shape index (κ3) is 3.07. The minimum absolute atomic E-state index is 0.0143. The zero-order chi connectivity index (χ0) is 15.0. The average molecular weight is 294 g/mol. The van der Waals surface area contributed by atoms with Crippen LogP contribution in [-0.4, -0.2) is 23.4 Å². The van der Waals surface area contributed by atoms with Crippen LogP contribution in [0.2, 0.25) is 0 Å². The van der Waals surface area contributed by atoms with Gasteiger partial charge in [-0.3, -0.25) is 10.1 Å². The number of nitrogens with zero attached hydrogens (tertiary/aromatic N) is 1. The Hall–Kier alpha value is -1.49. The summed E-state index contributed by atoms with van der Waals surface area (Å²) in [4.78, 5) is 13.9. The Labute approximate surface area is 123 Å². The first kappa shape index (κ1) is 14.4. The van der Waals surface area contributed by atoms with Crippen molar-refractivity contribution in [3.63, 3.8) is 0 Å². The molecule has 0 spiro atoms. The van der Waals surface area contributed by atoms with Gasteiger partial charge in [0.2, 0.25) is 5.91 Å². The Bertz CT molecular complexity index is 545. The third-order valence-corrected chi connectivity index (χ3v) is 4.34. The predicted octanol–water partition coefficient (Wildman–Crippen LogP) is 2.97. The zero-order valence-electron chi connectivity index (χ0n) is 12.1. The molecule has 3 nitrogen and oxygen atoms in total. The summed E-state index contributed by atoms with van der Waals surface area (Å²) in [6.45, 7) is 2.39. The summed E-state index contributed by atoms with van der Waals surface area (Å²) in [7, 11) is 0. The maximum atomic E-state index is 14.0. The van der Waals surface area contributed by atoms with Gasteiger partial charge in [-0.25, -0.2) is 8.78 Å². The molecule has 5 heteroatoms. The second-order valence-electron chi connectivity index (χ2n) is 6.07. The normalized spacial score (nSPS) is 25.7. The highest BCUT2D eigenvalue weighted by molar-refractivity contribution is 5.84. The van der Waals surface area contributed by atoms with Crippen molar-refractivity contribution in [3.8, 4) is 0 Å². The molecule has 1 saturated heterocycles. The lowest BCUT2D eigenvalue weighted by Gasteiger charge is -2.25. The lowest BCUT2D eigenvalue weighted by atomic mass is 10.1. The predicted molar refractivity (Wildman–Crippen MR) is 75.4 cm³/mol. The minimum atomic E-state index is -0.610. The number of halogens is 2. The molecule has 1 aromatic carbocycles. The molecule has 1 aliphatic carbocycles. The Morgan fingerprint density at radius 2 is 2.10 bits per heavy atom. The zero-order valence-corrected chi connectivity index (χ0v) is 12.1. The van der Waals surface area contributed by atoms with Gasteiger partial charge in [-0.2, -0.15) is 0 Å². The molecule has 1 N–H and O–H groups in total. The molecule has 21 heavy (non-hydrogen) atoms. The molecule has 0 radical (unpaired) electrons. The molecule has 1 amide bonds. The number of hydrogen-bond donors (Lipinski definition) is 1. The second kappa shape index (κ2) is 5.72. The van der Waals surface area contributed by atoms with Crippen molar-refractivity contribution in [1.82, 2.24) is 10.2 Å². The number of amides is 1. The van der Waals surface area contributed by atoms with E-state index in [1.807, 2.05) is 0 Å². The fraction of sp³-hybridized carbons (Fsp3) is 0.562. The highest BCUT2D eigenvalue weighted by Crippen LogP contribution is 2.34. The summed E-state index contributed by atoms with van der Waals surface area (Å²) in [5.41, 5.74) is 0.334. The average Bonchev–Trinajstić information content (AvgIpc) is 3.21.